The molecule has 0 aliphatic heterocycles. The Balaban J connectivity index is 1.70. The number of hydrogen-bond donors (Lipinski definition) is 1. The van der Waals surface area contributed by atoms with Crippen LogP contribution in [0.5, 0.6) is 11.5 Å². The SMILES string of the molecule is CCOc1cc(CNCc2ccc(F)cc2)cc(Cl)c1OCc1c(Cl)cccc1Cl. The highest BCUT2D eigenvalue weighted by molar-refractivity contribution is 6.36. The Bertz CT molecular complexity index is 976. The average molecular weight is 469 g/mol. The number of ether oxygens (including phenoxy) is 2. The second-order valence-corrected chi connectivity index (χ2v) is 7.78. The van der Waals surface area contributed by atoms with Crippen molar-refractivity contribution in [2.24, 2.45) is 0 Å². The third kappa shape index (κ3) is 6.02. The first kappa shape index (κ1) is 22.7. The van der Waals surface area contributed by atoms with Crippen LogP contribution in [0.4, 0.5) is 4.39 Å². The van der Waals surface area contributed by atoms with Gasteiger partial charge in [-0.15, -0.1) is 0 Å². The summed E-state index contributed by atoms with van der Waals surface area (Å²) in [5.41, 5.74) is 2.61. The monoisotopic (exact) mass is 467 g/mol. The quantitative estimate of drug-likeness (QED) is 0.365. The maximum absolute atomic E-state index is 13.0. The summed E-state index contributed by atoms with van der Waals surface area (Å²) in [6.45, 7) is 3.69. The number of rotatable bonds is 9. The van der Waals surface area contributed by atoms with E-state index in [0.717, 1.165) is 11.1 Å². The summed E-state index contributed by atoms with van der Waals surface area (Å²) < 4.78 is 24.7. The highest BCUT2D eigenvalue weighted by atomic mass is 35.5. The summed E-state index contributed by atoms with van der Waals surface area (Å²) in [4.78, 5) is 0. The molecule has 0 unspecified atom stereocenters. The first-order valence-corrected chi connectivity index (χ1v) is 10.6. The number of nitrogens with one attached hydrogen (secondary N) is 1. The van der Waals surface area contributed by atoms with Gasteiger partial charge in [0.2, 0.25) is 0 Å². The van der Waals surface area contributed by atoms with Crippen molar-refractivity contribution in [2.45, 2.75) is 26.6 Å². The average Bonchev–Trinajstić information content (AvgIpc) is 2.71. The summed E-state index contributed by atoms with van der Waals surface area (Å²) in [5.74, 6) is 0.740. The van der Waals surface area contributed by atoms with E-state index in [9.17, 15) is 4.39 Å². The molecule has 0 amide bonds. The van der Waals surface area contributed by atoms with E-state index in [1.54, 1.807) is 30.3 Å². The Morgan fingerprint density at radius 2 is 1.50 bits per heavy atom. The maximum atomic E-state index is 13.0. The van der Waals surface area contributed by atoms with E-state index in [0.29, 0.717) is 51.8 Å². The van der Waals surface area contributed by atoms with Crippen LogP contribution >= 0.6 is 34.8 Å². The van der Waals surface area contributed by atoms with Gasteiger partial charge in [-0.25, -0.2) is 4.39 Å². The molecule has 0 heterocycles. The van der Waals surface area contributed by atoms with E-state index in [2.05, 4.69) is 5.32 Å². The van der Waals surface area contributed by atoms with Gasteiger partial charge in [-0.1, -0.05) is 53.0 Å². The van der Waals surface area contributed by atoms with Crippen LogP contribution in [0.2, 0.25) is 15.1 Å². The Morgan fingerprint density at radius 1 is 0.833 bits per heavy atom. The molecule has 158 valence electrons. The minimum absolute atomic E-state index is 0.167. The van der Waals surface area contributed by atoms with Gasteiger partial charge in [-0.2, -0.15) is 0 Å². The molecule has 0 fully saturated rings. The van der Waals surface area contributed by atoms with Gasteiger partial charge >= 0.3 is 0 Å². The normalized spacial score (nSPS) is 10.8. The van der Waals surface area contributed by atoms with Crippen LogP contribution in [0.25, 0.3) is 0 Å². The van der Waals surface area contributed by atoms with Crippen molar-refractivity contribution < 1.29 is 13.9 Å². The van der Waals surface area contributed by atoms with Gasteiger partial charge in [-0.3, -0.25) is 0 Å². The van der Waals surface area contributed by atoms with Crippen LogP contribution in [-0.2, 0) is 19.7 Å². The first-order valence-electron chi connectivity index (χ1n) is 9.44. The summed E-state index contributed by atoms with van der Waals surface area (Å²) in [7, 11) is 0. The molecule has 0 atom stereocenters. The first-order chi connectivity index (χ1) is 14.5. The van der Waals surface area contributed by atoms with E-state index >= 15 is 0 Å². The minimum atomic E-state index is -0.249. The molecule has 1 N–H and O–H groups in total. The van der Waals surface area contributed by atoms with E-state index in [-0.39, 0.29) is 12.4 Å². The van der Waals surface area contributed by atoms with Crippen LogP contribution in [0, 0.1) is 5.82 Å². The predicted molar refractivity (Wildman–Crippen MR) is 120 cm³/mol. The zero-order valence-corrected chi connectivity index (χ0v) is 18.6. The lowest BCUT2D eigenvalue weighted by atomic mass is 10.1. The molecule has 3 rings (SSSR count). The van der Waals surface area contributed by atoms with Crippen molar-refractivity contribution in [3.05, 3.63) is 92.2 Å². The molecular weight excluding hydrogens is 448 g/mol. The van der Waals surface area contributed by atoms with Crippen molar-refractivity contribution >= 4 is 34.8 Å². The molecule has 0 aliphatic rings. The molecule has 7 heteroatoms. The summed E-state index contributed by atoms with van der Waals surface area (Å²) >= 11 is 18.9. The standard InChI is InChI=1S/C23H21Cl3FNO2/c1-2-29-22-11-16(13-28-12-15-6-8-17(27)9-7-15)10-21(26)23(22)30-14-18-19(24)4-3-5-20(18)25/h3-11,28H,2,12-14H2,1H3. The van der Waals surface area contributed by atoms with Crippen molar-refractivity contribution in [3.63, 3.8) is 0 Å². The van der Waals surface area contributed by atoms with Crippen LogP contribution in [0.1, 0.15) is 23.6 Å². The van der Waals surface area contributed by atoms with Gasteiger partial charge in [0, 0.05) is 28.7 Å². The Morgan fingerprint density at radius 3 is 2.17 bits per heavy atom. The van der Waals surface area contributed by atoms with E-state index in [4.69, 9.17) is 44.3 Å². The van der Waals surface area contributed by atoms with E-state index in [1.165, 1.54) is 12.1 Å². The molecular formula is C23H21Cl3FNO2. The van der Waals surface area contributed by atoms with Crippen LogP contribution in [0.3, 0.4) is 0 Å². The minimum Gasteiger partial charge on any atom is -0.490 e. The molecule has 0 saturated heterocycles. The second kappa shape index (κ2) is 10.9. The summed E-state index contributed by atoms with van der Waals surface area (Å²) in [5, 5.41) is 4.80. The number of halogens is 4. The van der Waals surface area contributed by atoms with Gasteiger partial charge in [0.25, 0.3) is 0 Å². The van der Waals surface area contributed by atoms with E-state index in [1.807, 2.05) is 19.1 Å². The summed E-state index contributed by atoms with van der Waals surface area (Å²) in [6.07, 6.45) is 0. The molecule has 3 nitrogen and oxygen atoms in total. The Kier molecular flexibility index (Phi) is 8.23. The van der Waals surface area contributed by atoms with Crippen molar-refractivity contribution in [2.75, 3.05) is 6.61 Å². The number of benzene rings is 3. The lowest BCUT2D eigenvalue weighted by Gasteiger charge is -2.16. The van der Waals surface area contributed by atoms with Gasteiger partial charge in [0.05, 0.1) is 11.6 Å². The molecule has 0 spiro atoms. The lowest BCUT2D eigenvalue weighted by molar-refractivity contribution is 0.269. The fourth-order valence-electron chi connectivity index (χ4n) is 2.89. The molecule has 0 aliphatic carbocycles. The van der Waals surface area contributed by atoms with Crippen molar-refractivity contribution in [1.29, 1.82) is 0 Å². The van der Waals surface area contributed by atoms with E-state index < -0.39 is 0 Å². The summed E-state index contributed by atoms with van der Waals surface area (Å²) in [6, 6.07) is 15.4. The number of hydrogen-bond acceptors (Lipinski definition) is 3. The molecule has 0 saturated carbocycles. The van der Waals surface area contributed by atoms with Crippen LogP contribution < -0.4 is 14.8 Å². The zero-order valence-electron chi connectivity index (χ0n) is 16.4. The van der Waals surface area contributed by atoms with Gasteiger partial charge < -0.3 is 14.8 Å². The fourth-order valence-corrected chi connectivity index (χ4v) is 3.69. The molecule has 0 bridgehead atoms. The van der Waals surface area contributed by atoms with Crippen molar-refractivity contribution in [3.8, 4) is 11.5 Å². The third-order valence-corrected chi connectivity index (χ3v) is 5.35. The predicted octanol–water partition coefficient (Wildman–Crippen LogP) is 7.05. The van der Waals surface area contributed by atoms with Gasteiger partial charge in [0.1, 0.15) is 12.4 Å². The van der Waals surface area contributed by atoms with Crippen LogP contribution in [-0.4, -0.2) is 6.61 Å². The maximum Gasteiger partial charge on any atom is 0.180 e. The second-order valence-electron chi connectivity index (χ2n) is 6.56. The Labute approximate surface area is 190 Å². The third-order valence-electron chi connectivity index (χ3n) is 4.36. The molecule has 3 aromatic carbocycles. The largest absolute Gasteiger partial charge is 0.490 e. The molecule has 30 heavy (non-hydrogen) atoms. The highest BCUT2D eigenvalue weighted by Gasteiger charge is 2.15. The molecule has 0 aromatic heterocycles. The van der Waals surface area contributed by atoms with Gasteiger partial charge in [-0.05, 0) is 54.4 Å². The Hall–Kier alpha value is -1.98. The molecule has 3 aromatic rings. The topological polar surface area (TPSA) is 30.5 Å². The van der Waals surface area contributed by atoms with Crippen LogP contribution in [0.15, 0.2) is 54.6 Å². The van der Waals surface area contributed by atoms with Gasteiger partial charge in [0.15, 0.2) is 11.5 Å². The van der Waals surface area contributed by atoms with Crippen molar-refractivity contribution in [1.82, 2.24) is 5.32 Å². The zero-order chi connectivity index (χ0) is 21.5. The fraction of sp³-hybridized carbons (Fsp3) is 0.217. The molecule has 0 radical (unpaired) electrons. The lowest BCUT2D eigenvalue weighted by Crippen LogP contribution is -2.13. The highest BCUT2D eigenvalue weighted by Crippen LogP contribution is 2.38. The smallest absolute Gasteiger partial charge is 0.180 e.